The number of nitrogens with one attached hydrogen (secondary N) is 1. The third-order valence-electron chi connectivity index (χ3n) is 4.38. The number of piperidine rings is 1. The predicted molar refractivity (Wildman–Crippen MR) is 71.3 cm³/mol. The van der Waals surface area contributed by atoms with E-state index in [1.165, 1.54) is 51.6 Å². The van der Waals surface area contributed by atoms with Crippen LogP contribution in [0.25, 0.3) is 0 Å². The van der Waals surface area contributed by atoms with E-state index in [0.717, 1.165) is 12.6 Å². The molecule has 0 radical (unpaired) electrons. The predicted octanol–water partition coefficient (Wildman–Crippen LogP) is 2.02. The first-order chi connectivity index (χ1) is 8.27. The van der Waals surface area contributed by atoms with Crippen LogP contribution in [-0.4, -0.2) is 49.8 Å². The lowest BCUT2D eigenvalue weighted by Crippen LogP contribution is -2.38. The summed E-state index contributed by atoms with van der Waals surface area (Å²) < 4.78 is 5.63. The summed E-state index contributed by atoms with van der Waals surface area (Å²) in [5, 5.41) is 3.63. The quantitative estimate of drug-likeness (QED) is 0.795. The van der Waals surface area contributed by atoms with Crippen LogP contribution < -0.4 is 5.32 Å². The van der Waals surface area contributed by atoms with E-state index in [0.29, 0.717) is 12.1 Å². The van der Waals surface area contributed by atoms with E-state index >= 15 is 0 Å². The van der Waals surface area contributed by atoms with Crippen molar-refractivity contribution in [2.45, 2.75) is 63.6 Å². The van der Waals surface area contributed by atoms with E-state index in [9.17, 15) is 0 Å². The van der Waals surface area contributed by atoms with E-state index in [1.807, 2.05) is 0 Å². The summed E-state index contributed by atoms with van der Waals surface area (Å²) in [6.07, 6.45) is 8.46. The Morgan fingerprint density at radius 3 is 2.82 bits per heavy atom. The second-order valence-corrected chi connectivity index (χ2v) is 5.70. The van der Waals surface area contributed by atoms with Gasteiger partial charge in [-0.15, -0.1) is 0 Å². The largest absolute Gasteiger partial charge is 0.377 e. The number of hydrogen-bond acceptors (Lipinski definition) is 3. The van der Waals surface area contributed by atoms with E-state index < -0.39 is 0 Å². The Hall–Kier alpha value is -0.120. The standard InChI is InChI=1S/C14H28N2O/c1-12-14(8-11-17-12)16(2)10-5-7-13-6-3-4-9-15-13/h12-15H,3-11H2,1-2H3. The Morgan fingerprint density at radius 1 is 1.29 bits per heavy atom. The van der Waals surface area contributed by atoms with Gasteiger partial charge in [-0.2, -0.15) is 0 Å². The number of hydrogen-bond donors (Lipinski definition) is 1. The molecule has 2 aliphatic heterocycles. The van der Waals surface area contributed by atoms with E-state index in [1.54, 1.807) is 0 Å². The van der Waals surface area contributed by atoms with Crippen molar-refractivity contribution < 1.29 is 4.74 Å². The van der Waals surface area contributed by atoms with Crippen LogP contribution in [0.3, 0.4) is 0 Å². The minimum absolute atomic E-state index is 0.424. The van der Waals surface area contributed by atoms with Gasteiger partial charge in [0.1, 0.15) is 0 Å². The van der Waals surface area contributed by atoms with Gasteiger partial charge < -0.3 is 15.0 Å². The van der Waals surface area contributed by atoms with Crippen LogP contribution in [0.4, 0.5) is 0 Å². The first-order valence-electron chi connectivity index (χ1n) is 7.32. The Kier molecular flexibility index (Phi) is 5.26. The molecule has 2 rings (SSSR count). The molecular formula is C14H28N2O. The molecule has 0 aromatic carbocycles. The van der Waals surface area contributed by atoms with Gasteiger partial charge in [0.2, 0.25) is 0 Å². The molecule has 0 bridgehead atoms. The zero-order valence-electron chi connectivity index (χ0n) is 11.5. The smallest absolute Gasteiger partial charge is 0.0702 e. The van der Waals surface area contributed by atoms with Gasteiger partial charge >= 0.3 is 0 Å². The molecule has 2 fully saturated rings. The summed E-state index contributed by atoms with van der Waals surface area (Å²) in [6.45, 7) is 5.60. The van der Waals surface area contributed by atoms with Crippen LogP contribution in [0.15, 0.2) is 0 Å². The average Bonchev–Trinajstić information content (AvgIpc) is 2.77. The molecule has 3 heteroatoms. The lowest BCUT2D eigenvalue weighted by molar-refractivity contribution is 0.0828. The van der Waals surface area contributed by atoms with Crippen LogP contribution in [0, 0.1) is 0 Å². The lowest BCUT2D eigenvalue weighted by atomic mass is 10.0. The van der Waals surface area contributed by atoms with Gasteiger partial charge in [-0.1, -0.05) is 6.42 Å². The zero-order valence-corrected chi connectivity index (χ0v) is 11.5. The highest BCUT2D eigenvalue weighted by Gasteiger charge is 2.27. The van der Waals surface area contributed by atoms with Crippen molar-refractivity contribution >= 4 is 0 Å². The topological polar surface area (TPSA) is 24.5 Å². The molecule has 2 heterocycles. The van der Waals surface area contributed by atoms with Gasteiger partial charge in [-0.3, -0.25) is 0 Å². The first-order valence-corrected chi connectivity index (χ1v) is 7.32. The van der Waals surface area contributed by atoms with E-state index in [-0.39, 0.29) is 0 Å². The van der Waals surface area contributed by atoms with Crippen molar-refractivity contribution in [1.82, 2.24) is 10.2 Å². The number of likely N-dealkylation sites (N-methyl/N-ethyl adjacent to an activating group) is 1. The fourth-order valence-electron chi connectivity index (χ4n) is 3.22. The van der Waals surface area contributed by atoms with Gasteiger partial charge in [0, 0.05) is 18.7 Å². The first kappa shape index (κ1) is 13.3. The molecule has 0 saturated carbocycles. The highest BCUT2D eigenvalue weighted by atomic mass is 16.5. The Balaban J connectivity index is 1.60. The number of ether oxygens (including phenoxy) is 1. The van der Waals surface area contributed by atoms with Gasteiger partial charge in [0.25, 0.3) is 0 Å². The molecule has 3 nitrogen and oxygen atoms in total. The molecular weight excluding hydrogens is 212 g/mol. The molecule has 2 saturated heterocycles. The van der Waals surface area contributed by atoms with Crippen molar-refractivity contribution in [3.05, 3.63) is 0 Å². The van der Waals surface area contributed by atoms with Crippen LogP contribution >= 0.6 is 0 Å². The molecule has 17 heavy (non-hydrogen) atoms. The normalized spacial score (nSPS) is 34.4. The van der Waals surface area contributed by atoms with Crippen LogP contribution in [0.2, 0.25) is 0 Å². The molecule has 0 aliphatic carbocycles. The average molecular weight is 240 g/mol. The lowest BCUT2D eigenvalue weighted by Gasteiger charge is -2.28. The van der Waals surface area contributed by atoms with Crippen LogP contribution in [0.5, 0.6) is 0 Å². The van der Waals surface area contributed by atoms with Gasteiger partial charge in [0.05, 0.1) is 6.10 Å². The maximum absolute atomic E-state index is 5.63. The minimum Gasteiger partial charge on any atom is -0.377 e. The van der Waals surface area contributed by atoms with Crippen LogP contribution in [-0.2, 0) is 4.74 Å². The highest BCUT2D eigenvalue weighted by molar-refractivity contribution is 4.81. The zero-order chi connectivity index (χ0) is 12.1. The Morgan fingerprint density at radius 2 is 2.18 bits per heavy atom. The Labute approximate surface area is 106 Å². The fraction of sp³-hybridized carbons (Fsp3) is 1.00. The van der Waals surface area contributed by atoms with Crippen molar-refractivity contribution in [2.75, 3.05) is 26.7 Å². The summed E-state index contributed by atoms with van der Waals surface area (Å²) >= 11 is 0. The SMILES string of the molecule is CC1OCCC1N(C)CCCC1CCCCN1. The fourth-order valence-corrected chi connectivity index (χ4v) is 3.22. The van der Waals surface area contributed by atoms with Crippen LogP contribution in [0.1, 0.15) is 45.4 Å². The molecule has 0 aromatic rings. The second kappa shape index (κ2) is 6.72. The monoisotopic (exact) mass is 240 g/mol. The summed E-state index contributed by atoms with van der Waals surface area (Å²) in [5.74, 6) is 0. The maximum Gasteiger partial charge on any atom is 0.0702 e. The molecule has 100 valence electrons. The van der Waals surface area contributed by atoms with Gasteiger partial charge in [0.15, 0.2) is 0 Å². The highest BCUT2D eigenvalue weighted by Crippen LogP contribution is 2.19. The third-order valence-corrected chi connectivity index (χ3v) is 4.38. The van der Waals surface area contributed by atoms with Crippen molar-refractivity contribution in [1.29, 1.82) is 0 Å². The van der Waals surface area contributed by atoms with E-state index in [4.69, 9.17) is 4.74 Å². The molecule has 0 spiro atoms. The molecule has 3 atom stereocenters. The molecule has 0 aromatic heterocycles. The molecule has 0 amide bonds. The molecule has 3 unspecified atom stereocenters. The molecule has 1 N–H and O–H groups in total. The van der Waals surface area contributed by atoms with E-state index in [2.05, 4.69) is 24.2 Å². The second-order valence-electron chi connectivity index (χ2n) is 5.70. The van der Waals surface area contributed by atoms with Gasteiger partial charge in [-0.05, 0) is 59.2 Å². The summed E-state index contributed by atoms with van der Waals surface area (Å²) in [7, 11) is 2.25. The van der Waals surface area contributed by atoms with Crippen molar-refractivity contribution in [3.63, 3.8) is 0 Å². The summed E-state index contributed by atoms with van der Waals surface area (Å²) in [4.78, 5) is 2.50. The van der Waals surface area contributed by atoms with Crippen molar-refractivity contribution in [2.24, 2.45) is 0 Å². The molecule has 2 aliphatic rings. The summed E-state index contributed by atoms with van der Waals surface area (Å²) in [5.41, 5.74) is 0. The minimum atomic E-state index is 0.424. The summed E-state index contributed by atoms with van der Waals surface area (Å²) in [6, 6.07) is 1.43. The third kappa shape index (κ3) is 3.94. The van der Waals surface area contributed by atoms with Gasteiger partial charge in [-0.25, -0.2) is 0 Å². The Bertz CT molecular complexity index is 216. The maximum atomic E-state index is 5.63. The van der Waals surface area contributed by atoms with Crippen molar-refractivity contribution in [3.8, 4) is 0 Å². The number of rotatable bonds is 5. The number of nitrogens with zero attached hydrogens (tertiary/aromatic N) is 1.